The first-order valence-electron chi connectivity index (χ1n) is 12.1. The summed E-state index contributed by atoms with van der Waals surface area (Å²) in [6.45, 7) is 8.31. The predicted octanol–water partition coefficient (Wildman–Crippen LogP) is 2.78. The summed E-state index contributed by atoms with van der Waals surface area (Å²) in [4.78, 5) is 5.17. The number of halogens is 1. The molecule has 0 radical (unpaired) electrons. The summed E-state index contributed by atoms with van der Waals surface area (Å²) in [6.07, 6.45) is 2.03. The number of ether oxygens (including phenoxy) is 2. The number of benzene rings is 2. The van der Waals surface area contributed by atoms with E-state index in [1.54, 1.807) is 0 Å². The van der Waals surface area contributed by atoms with E-state index in [4.69, 9.17) is 31.8 Å². The van der Waals surface area contributed by atoms with E-state index in [-0.39, 0.29) is 24.1 Å². The van der Waals surface area contributed by atoms with Crippen LogP contribution < -0.4 is 20.9 Å². The first-order chi connectivity index (χ1) is 16.5. The summed E-state index contributed by atoms with van der Waals surface area (Å²) >= 11 is 0. The standard InChI is InChI=1S/C26H36N6O2.ClH/c27-25(28)19-3-7-23(8-4-19)33-13-1-11-31-15-21-17-32(18-22(21)16-31)12-2-14-34-24-9-5-20(6-10-24)26(29)30;/h3-10,21-22H,1-2,11-18H2,(H3,27,28)(H3,29,30);1H. The molecular weight excluding hydrogens is 464 g/mol. The van der Waals surface area contributed by atoms with Gasteiger partial charge >= 0.3 is 0 Å². The van der Waals surface area contributed by atoms with Gasteiger partial charge in [-0.3, -0.25) is 10.8 Å². The number of nitrogens with one attached hydrogen (secondary N) is 2. The zero-order valence-electron chi connectivity index (χ0n) is 20.1. The van der Waals surface area contributed by atoms with Crippen molar-refractivity contribution in [2.75, 3.05) is 52.5 Å². The first kappa shape index (κ1) is 26.8. The van der Waals surface area contributed by atoms with Crippen LogP contribution in [0.3, 0.4) is 0 Å². The van der Waals surface area contributed by atoms with Crippen LogP contribution >= 0.6 is 12.4 Å². The number of nitrogens with zero attached hydrogens (tertiary/aromatic N) is 2. The molecule has 4 rings (SSSR count). The van der Waals surface area contributed by atoms with Gasteiger partial charge in [0.1, 0.15) is 23.2 Å². The quantitative estimate of drug-likeness (QED) is 0.202. The summed E-state index contributed by atoms with van der Waals surface area (Å²) in [5.74, 6) is 3.37. The molecule has 0 atom stereocenters. The Labute approximate surface area is 214 Å². The number of likely N-dealkylation sites (tertiary alicyclic amines) is 2. The summed E-state index contributed by atoms with van der Waals surface area (Å²) in [5, 5.41) is 14.9. The van der Waals surface area contributed by atoms with Crippen molar-refractivity contribution in [2.24, 2.45) is 23.3 Å². The summed E-state index contributed by atoms with van der Waals surface area (Å²) in [6, 6.07) is 14.8. The molecule has 0 aromatic heterocycles. The highest BCUT2D eigenvalue weighted by molar-refractivity contribution is 5.95. The Balaban J connectivity index is 0.00000342. The van der Waals surface area contributed by atoms with Gasteiger partial charge in [0.05, 0.1) is 13.2 Å². The molecule has 2 aromatic rings. The minimum atomic E-state index is 0. The fraction of sp³-hybridized carbons (Fsp3) is 0.462. The molecule has 0 spiro atoms. The molecule has 2 aliphatic heterocycles. The highest BCUT2D eigenvalue weighted by Crippen LogP contribution is 2.31. The molecule has 9 heteroatoms. The number of hydrogen-bond acceptors (Lipinski definition) is 6. The van der Waals surface area contributed by atoms with Crippen molar-refractivity contribution in [1.82, 2.24) is 9.80 Å². The molecule has 0 bridgehead atoms. The lowest BCUT2D eigenvalue weighted by Gasteiger charge is -2.21. The molecule has 2 aliphatic rings. The molecule has 35 heavy (non-hydrogen) atoms. The molecule has 0 amide bonds. The number of rotatable bonds is 12. The predicted molar refractivity (Wildman–Crippen MR) is 142 cm³/mol. The Morgan fingerprint density at radius 1 is 0.686 bits per heavy atom. The summed E-state index contributed by atoms with van der Waals surface area (Å²) in [7, 11) is 0. The minimum absolute atomic E-state index is 0. The van der Waals surface area contributed by atoms with Crippen LogP contribution in [0.5, 0.6) is 11.5 Å². The van der Waals surface area contributed by atoms with Gasteiger partial charge in [0.15, 0.2) is 0 Å². The van der Waals surface area contributed by atoms with Gasteiger partial charge in [0.2, 0.25) is 0 Å². The van der Waals surface area contributed by atoms with E-state index in [1.165, 1.54) is 26.2 Å². The van der Waals surface area contributed by atoms with Crippen LogP contribution in [-0.2, 0) is 0 Å². The van der Waals surface area contributed by atoms with E-state index >= 15 is 0 Å². The SMILES string of the molecule is Cl.N=C(N)c1ccc(OCCCN2CC3CN(CCCOc4ccc(C(=N)N)cc4)CC3C2)cc1. The number of fused-ring (bicyclic) bond motifs is 1. The molecule has 2 heterocycles. The van der Waals surface area contributed by atoms with Gasteiger partial charge in [0.25, 0.3) is 0 Å². The van der Waals surface area contributed by atoms with Gasteiger partial charge in [-0.2, -0.15) is 0 Å². The smallest absolute Gasteiger partial charge is 0.122 e. The second-order valence-electron chi connectivity index (χ2n) is 9.32. The Hall–Kier alpha value is -2.81. The van der Waals surface area contributed by atoms with Gasteiger partial charge in [-0.05, 0) is 73.2 Å². The molecule has 0 aliphatic carbocycles. The van der Waals surface area contributed by atoms with E-state index in [0.29, 0.717) is 13.2 Å². The van der Waals surface area contributed by atoms with Crippen LogP contribution in [0.25, 0.3) is 0 Å². The third-order valence-corrected chi connectivity index (χ3v) is 6.74. The maximum atomic E-state index is 7.44. The average molecular weight is 501 g/mol. The van der Waals surface area contributed by atoms with Gasteiger partial charge in [-0.1, -0.05) is 0 Å². The van der Waals surface area contributed by atoms with Gasteiger partial charge in [0, 0.05) is 50.4 Å². The maximum Gasteiger partial charge on any atom is 0.122 e. The topological polar surface area (TPSA) is 125 Å². The van der Waals surface area contributed by atoms with Crippen LogP contribution in [0.2, 0.25) is 0 Å². The van der Waals surface area contributed by atoms with Crippen LogP contribution in [0, 0.1) is 22.7 Å². The molecule has 0 saturated carbocycles. The average Bonchev–Trinajstić information content (AvgIpc) is 3.38. The lowest BCUT2D eigenvalue weighted by molar-refractivity contribution is 0.221. The third-order valence-electron chi connectivity index (χ3n) is 6.74. The van der Waals surface area contributed by atoms with E-state index in [9.17, 15) is 0 Å². The van der Waals surface area contributed by atoms with Crippen molar-refractivity contribution < 1.29 is 9.47 Å². The molecule has 2 fully saturated rings. The Morgan fingerprint density at radius 2 is 1.03 bits per heavy atom. The summed E-state index contributed by atoms with van der Waals surface area (Å²) < 4.78 is 11.7. The molecule has 190 valence electrons. The molecule has 0 unspecified atom stereocenters. The fourth-order valence-corrected chi connectivity index (χ4v) is 4.97. The lowest BCUT2D eigenvalue weighted by atomic mass is 10.0. The molecule has 8 nitrogen and oxygen atoms in total. The largest absolute Gasteiger partial charge is 0.494 e. The van der Waals surface area contributed by atoms with Crippen molar-refractivity contribution >= 4 is 24.1 Å². The number of nitrogens with two attached hydrogens (primary N) is 2. The van der Waals surface area contributed by atoms with Crippen LogP contribution in [0.4, 0.5) is 0 Å². The normalized spacial score (nSPS) is 19.7. The van der Waals surface area contributed by atoms with E-state index in [0.717, 1.165) is 60.4 Å². The van der Waals surface area contributed by atoms with Gasteiger partial charge in [-0.15, -0.1) is 12.4 Å². The zero-order chi connectivity index (χ0) is 23.9. The Morgan fingerprint density at radius 3 is 1.34 bits per heavy atom. The van der Waals surface area contributed by atoms with Crippen LogP contribution in [0.1, 0.15) is 24.0 Å². The Kier molecular flexibility index (Phi) is 9.77. The molecule has 2 aromatic carbocycles. The second kappa shape index (κ2) is 12.8. The third kappa shape index (κ3) is 7.59. The number of amidine groups is 2. The van der Waals surface area contributed by atoms with Crippen molar-refractivity contribution in [2.45, 2.75) is 12.8 Å². The van der Waals surface area contributed by atoms with Crippen LogP contribution in [-0.4, -0.2) is 74.0 Å². The molecule has 2 saturated heterocycles. The van der Waals surface area contributed by atoms with Gasteiger partial charge < -0.3 is 30.7 Å². The second-order valence-corrected chi connectivity index (χ2v) is 9.32. The van der Waals surface area contributed by atoms with Crippen molar-refractivity contribution in [3.8, 4) is 11.5 Å². The van der Waals surface area contributed by atoms with Crippen LogP contribution in [0.15, 0.2) is 48.5 Å². The molecule has 6 N–H and O–H groups in total. The summed E-state index contributed by atoms with van der Waals surface area (Å²) in [5.41, 5.74) is 12.4. The maximum absolute atomic E-state index is 7.44. The lowest BCUT2D eigenvalue weighted by Crippen LogP contribution is -2.31. The van der Waals surface area contributed by atoms with E-state index in [2.05, 4.69) is 9.80 Å². The van der Waals surface area contributed by atoms with Crippen molar-refractivity contribution in [3.63, 3.8) is 0 Å². The fourth-order valence-electron chi connectivity index (χ4n) is 4.97. The van der Waals surface area contributed by atoms with Crippen molar-refractivity contribution in [1.29, 1.82) is 10.8 Å². The van der Waals surface area contributed by atoms with E-state index < -0.39 is 0 Å². The molecular formula is C26H37ClN6O2. The number of nitrogen functional groups attached to an aromatic ring is 2. The highest BCUT2D eigenvalue weighted by Gasteiger charge is 2.39. The first-order valence-corrected chi connectivity index (χ1v) is 12.1. The zero-order valence-corrected chi connectivity index (χ0v) is 20.9. The Bertz CT molecular complexity index is 877. The minimum Gasteiger partial charge on any atom is -0.494 e. The monoisotopic (exact) mass is 500 g/mol. The van der Waals surface area contributed by atoms with Crippen molar-refractivity contribution in [3.05, 3.63) is 59.7 Å². The van der Waals surface area contributed by atoms with E-state index in [1.807, 2.05) is 48.5 Å². The van der Waals surface area contributed by atoms with Gasteiger partial charge in [-0.25, -0.2) is 0 Å². The number of hydrogen-bond donors (Lipinski definition) is 4. The highest BCUT2D eigenvalue weighted by atomic mass is 35.5.